The van der Waals surface area contributed by atoms with E-state index in [1.165, 1.54) is 5.39 Å². The molecule has 1 aliphatic rings. The van der Waals surface area contributed by atoms with Crippen molar-refractivity contribution >= 4 is 10.9 Å². The third kappa shape index (κ3) is 1.75. The number of hydrogen-bond acceptors (Lipinski definition) is 2. The molecular formula is C14H18N2O. The number of aryl methyl sites for hydroxylation is 1. The van der Waals surface area contributed by atoms with Gasteiger partial charge >= 0.3 is 0 Å². The molecule has 0 bridgehead atoms. The van der Waals surface area contributed by atoms with Crippen molar-refractivity contribution in [2.45, 2.75) is 31.8 Å². The molecule has 90 valence electrons. The van der Waals surface area contributed by atoms with Gasteiger partial charge in [-0.2, -0.15) is 5.10 Å². The van der Waals surface area contributed by atoms with Crippen LogP contribution in [0.3, 0.4) is 0 Å². The molecule has 0 aliphatic heterocycles. The van der Waals surface area contributed by atoms with Gasteiger partial charge in [0.1, 0.15) is 0 Å². The van der Waals surface area contributed by atoms with E-state index in [0.29, 0.717) is 12.3 Å². The normalized spacial score (nSPS) is 28.3. The SMILES string of the molecule is CC1CC(O)(Cc2nn(C)c3ccccc23)C1. The molecule has 3 heteroatoms. The molecule has 1 aromatic heterocycles. The molecule has 1 aromatic carbocycles. The van der Waals surface area contributed by atoms with Crippen molar-refractivity contribution in [1.29, 1.82) is 0 Å². The van der Waals surface area contributed by atoms with Crippen molar-refractivity contribution in [1.82, 2.24) is 9.78 Å². The zero-order valence-electron chi connectivity index (χ0n) is 10.3. The summed E-state index contributed by atoms with van der Waals surface area (Å²) in [4.78, 5) is 0. The minimum atomic E-state index is -0.517. The van der Waals surface area contributed by atoms with Gasteiger partial charge in [-0.15, -0.1) is 0 Å². The maximum absolute atomic E-state index is 10.4. The van der Waals surface area contributed by atoms with Gasteiger partial charge in [-0.1, -0.05) is 25.1 Å². The van der Waals surface area contributed by atoms with Crippen molar-refractivity contribution in [3.8, 4) is 0 Å². The van der Waals surface area contributed by atoms with E-state index in [1.54, 1.807) is 0 Å². The summed E-state index contributed by atoms with van der Waals surface area (Å²) in [5, 5.41) is 16.1. The van der Waals surface area contributed by atoms with Gasteiger partial charge < -0.3 is 5.11 Å². The Morgan fingerprint density at radius 3 is 2.82 bits per heavy atom. The second kappa shape index (κ2) is 3.57. The average Bonchev–Trinajstić information content (AvgIpc) is 2.55. The van der Waals surface area contributed by atoms with Crippen LogP contribution < -0.4 is 0 Å². The third-order valence-corrected chi connectivity index (χ3v) is 3.79. The van der Waals surface area contributed by atoms with Crippen molar-refractivity contribution in [2.24, 2.45) is 13.0 Å². The van der Waals surface area contributed by atoms with E-state index in [1.807, 2.05) is 23.9 Å². The van der Waals surface area contributed by atoms with E-state index in [-0.39, 0.29) is 0 Å². The van der Waals surface area contributed by atoms with Crippen LogP contribution in [0.1, 0.15) is 25.5 Å². The van der Waals surface area contributed by atoms with Crippen LogP contribution in [0.4, 0.5) is 0 Å². The summed E-state index contributed by atoms with van der Waals surface area (Å²) in [5.41, 5.74) is 1.65. The van der Waals surface area contributed by atoms with Crippen LogP contribution in [0.5, 0.6) is 0 Å². The van der Waals surface area contributed by atoms with E-state index < -0.39 is 5.60 Å². The Morgan fingerprint density at radius 1 is 1.41 bits per heavy atom. The van der Waals surface area contributed by atoms with Crippen molar-refractivity contribution in [2.75, 3.05) is 0 Å². The van der Waals surface area contributed by atoms with E-state index in [2.05, 4.69) is 24.2 Å². The Bertz CT molecular complexity index is 552. The standard InChI is InChI=1S/C14H18N2O/c1-10-7-14(17,8-10)9-12-11-5-3-4-6-13(11)16(2)15-12/h3-6,10,17H,7-9H2,1-2H3. The summed E-state index contributed by atoms with van der Waals surface area (Å²) in [7, 11) is 1.96. The monoisotopic (exact) mass is 230 g/mol. The molecule has 0 atom stereocenters. The maximum atomic E-state index is 10.4. The van der Waals surface area contributed by atoms with E-state index in [4.69, 9.17) is 0 Å². The van der Waals surface area contributed by atoms with Crippen molar-refractivity contribution in [3.63, 3.8) is 0 Å². The number of hydrogen-bond donors (Lipinski definition) is 1. The summed E-state index contributed by atoms with van der Waals surface area (Å²) >= 11 is 0. The molecule has 2 aromatic rings. The van der Waals surface area contributed by atoms with E-state index >= 15 is 0 Å². The molecule has 1 fully saturated rings. The number of fused-ring (bicyclic) bond motifs is 1. The second-order valence-electron chi connectivity index (χ2n) is 5.50. The predicted octanol–water partition coefficient (Wildman–Crippen LogP) is 2.28. The van der Waals surface area contributed by atoms with Crippen LogP contribution in [0.2, 0.25) is 0 Å². The first-order chi connectivity index (χ1) is 8.07. The molecule has 0 saturated heterocycles. The van der Waals surface area contributed by atoms with Crippen molar-refractivity contribution < 1.29 is 5.11 Å². The zero-order chi connectivity index (χ0) is 12.0. The fourth-order valence-electron chi connectivity index (χ4n) is 3.11. The Kier molecular flexibility index (Phi) is 2.26. The van der Waals surface area contributed by atoms with Crippen LogP contribution >= 0.6 is 0 Å². The lowest BCUT2D eigenvalue weighted by molar-refractivity contribution is -0.0670. The number of aromatic nitrogens is 2. The van der Waals surface area contributed by atoms with Gasteiger partial charge in [0.25, 0.3) is 0 Å². The van der Waals surface area contributed by atoms with Gasteiger partial charge in [-0.3, -0.25) is 4.68 Å². The first-order valence-electron chi connectivity index (χ1n) is 6.20. The molecule has 1 saturated carbocycles. The lowest BCUT2D eigenvalue weighted by Gasteiger charge is -2.41. The first kappa shape index (κ1) is 10.8. The zero-order valence-corrected chi connectivity index (χ0v) is 10.3. The molecular weight excluding hydrogens is 212 g/mol. The van der Waals surface area contributed by atoms with Gasteiger partial charge in [-0.05, 0) is 24.8 Å². The molecule has 0 unspecified atom stereocenters. The topological polar surface area (TPSA) is 38.1 Å². The van der Waals surface area contributed by atoms with E-state index in [0.717, 1.165) is 24.1 Å². The molecule has 1 aliphatic carbocycles. The summed E-state index contributed by atoms with van der Waals surface area (Å²) in [6.45, 7) is 2.19. The number of rotatable bonds is 2. The van der Waals surface area contributed by atoms with Crippen LogP contribution in [0, 0.1) is 5.92 Å². The lowest BCUT2D eigenvalue weighted by Crippen LogP contribution is -2.44. The molecule has 3 nitrogen and oxygen atoms in total. The molecule has 0 radical (unpaired) electrons. The highest BCUT2D eigenvalue weighted by Gasteiger charge is 2.40. The highest BCUT2D eigenvalue weighted by atomic mass is 16.3. The third-order valence-electron chi connectivity index (χ3n) is 3.79. The largest absolute Gasteiger partial charge is 0.389 e. The molecule has 0 amide bonds. The molecule has 1 N–H and O–H groups in total. The first-order valence-corrected chi connectivity index (χ1v) is 6.20. The molecule has 1 heterocycles. The molecule has 0 spiro atoms. The Balaban J connectivity index is 1.96. The van der Waals surface area contributed by atoms with Crippen LogP contribution in [-0.4, -0.2) is 20.5 Å². The van der Waals surface area contributed by atoms with Crippen LogP contribution in [0.25, 0.3) is 10.9 Å². The quantitative estimate of drug-likeness (QED) is 0.859. The number of para-hydroxylation sites is 1. The lowest BCUT2D eigenvalue weighted by atomic mass is 9.69. The highest BCUT2D eigenvalue weighted by molar-refractivity contribution is 5.81. The minimum absolute atomic E-state index is 0.517. The molecule has 3 rings (SSSR count). The van der Waals surface area contributed by atoms with Crippen LogP contribution in [-0.2, 0) is 13.5 Å². The maximum Gasteiger partial charge on any atom is 0.0731 e. The van der Waals surface area contributed by atoms with E-state index in [9.17, 15) is 5.11 Å². The second-order valence-corrected chi connectivity index (χ2v) is 5.50. The average molecular weight is 230 g/mol. The fourth-order valence-corrected chi connectivity index (χ4v) is 3.11. The predicted molar refractivity (Wildman–Crippen MR) is 67.8 cm³/mol. The Labute approximate surface area is 101 Å². The van der Waals surface area contributed by atoms with Gasteiger partial charge in [0.2, 0.25) is 0 Å². The summed E-state index contributed by atoms with van der Waals surface area (Å²) in [5.74, 6) is 0.648. The van der Waals surface area contributed by atoms with Gasteiger partial charge in [0.05, 0.1) is 16.8 Å². The highest BCUT2D eigenvalue weighted by Crippen LogP contribution is 2.40. The van der Waals surface area contributed by atoms with Gasteiger partial charge in [0.15, 0.2) is 0 Å². The minimum Gasteiger partial charge on any atom is -0.389 e. The van der Waals surface area contributed by atoms with Gasteiger partial charge in [-0.25, -0.2) is 0 Å². The van der Waals surface area contributed by atoms with Crippen LogP contribution in [0.15, 0.2) is 24.3 Å². The molecule has 17 heavy (non-hydrogen) atoms. The summed E-state index contributed by atoms with van der Waals surface area (Å²) < 4.78 is 1.90. The number of aliphatic hydroxyl groups is 1. The van der Waals surface area contributed by atoms with Gasteiger partial charge in [0, 0.05) is 18.9 Å². The number of benzene rings is 1. The van der Waals surface area contributed by atoms with Crippen molar-refractivity contribution in [3.05, 3.63) is 30.0 Å². The summed E-state index contributed by atoms with van der Waals surface area (Å²) in [6, 6.07) is 8.21. The Morgan fingerprint density at radius 2 is 2.12 bits per heavy atom. The fraction of sp³-hybridized carbons (Fsp3) is 0.500. The summed E-state index contributed by atoms with van der Waals surface area (Å²) in [6.07, 6.45) is 2.48. The smallest absolute Gasteiger partial charge is 0.0731 e. The number of nitrogens with zero attached hydrogens (tertiary/aromatic N) is 2. The Hall–Kier alpha value is -1.35.